The Morgan fingerprint density at radius 1 is 1.07 bits per heavy atom. The van der Waals surface area contributed by atoms with Crippen LogP contribution in [0.1, 0.15) is 36.3 Å². The molecule has 0 heterocycles. The normalized spacial score (nSPS) is 12.5. The van der Waals surface area contributed by atoms with Gasteiger partial charge in [0.05, 0.1) is 18.9 Å². The molecule has 2 nitrogen and oxygen atoms in total. The van der Waals surface area contributed by atoms with Crippen molar-refractivity contribution in [1.82, 2.24) is 0 Å². The van der Waals surface area contributed by atoms with Crippen LogP contribution in [-0.2, 0) is 9.53 Å². The van der Waals surface area contributed by atoms with Gasteiger partial charge < -0.3 is 4.74 Å². The minimum Gasteiger partial charge on any atom is -0.466 e. The van der Waals surface area contributed by atoms with E-state index < -0.39 is 35.3 Å². The largest absolute Gasteiger partial charge is 0.466 e. The van der Waals surface area contributed by atoms with Gasteiger partial charge in [0.25, 0.3) is 0 Å². The monoisotopic (exact) mass is 386 g/mol. The second-order valence-corrected chi connectivity index (χ2v) is 6.72. The third-order valence-corrected chi connectivity index (χ3v) is 4.22. The first-order valence-electron chi connectivity index (χ1n) is 9.19. The molecule has 0 amide bonds. The summed E-state index contributed by atoms with van der Waals surface area (Å²) in [6.45, 7) is 5.60. The minimum absolute atomic E-state index is 0.0108. The molecule has 6 heteroatoms. The average Bonchev–Trinajstić information content (AvgIpc) is 2.63. The van der Waals surface area contributed by atoms with Gasteiger partial charge in [-0.3, -0.25) is 4.79 Å². The number of hydrogen-bond donors (Lipinski definition) is 0. The second-order valence-electron chi connectivity index (χ2n) is 6.72. The Kier molecular flexibility index (Phi) is 7.75. The molecule has 0 fully saturated rings. The molecule has 2 unspecified atom stereocenters. The lowest BCUT2D eigenvalue weighted by molar-refractivity contribution is -0.143. The number of carbonyl (C=O) groups excluding carboxylic acids is 1. The molecule has 0 bridgehead atoms. The fourth-order valence-corrected chi connectivity index (χ4v) is 2.99. The van der Waals surface area contributed by atoms with Gasteiger partial charge >= 0.3 is 5.97 Å². The van der Waals surface area contributed by atoms with Crippen molar-refractivity contribution < 1.29 is 22.7 Å². The van der Waals surface area contributed by atoms with Gasteiger partial charge in [0, 0.05) is 11.5 Å². The summed E-state index contributed by atoms with van der Waals surface area (Å²) in [4.78, 5) is 12.2. The van der Waals surface area contributed by atoms with Gasteiger partial charge in [-0.05, 0) is 36.8 Å². The summed E-state index contributed by atoms with van der Waals surface area (Å²) in [5.41, 5.74) is 0.356. The van der Waals surface area contributed by atoms with Gasteiger partial charge in [-0.2, -0.15) is 5.82 Å². The summed E-state index contributed by atoms with van der Waals surface area (Å²) < 4.78 is 47.6. The zero-order chi connectivity index (χ0) is 20.7. The molecule has 0 saturated heterocycles. The molecule has 0 aliphatic rings. The highest BCUT2D eigenvalue weighted by Gasteiger charge is 2.31. The van der Waals surface area contributed by atoms with E-state index in [-0.39, 0.29) is 25.3 Å². The molecule has 0 aromatic heterocycles. The molecule has 28 heavy (non-hydrogen) atoms. The molecule has 2 rings (SSSR count). The van der Waals surface area contributed by atoms with Crippen LogP contribution in [0.5, 0.6) is 0 Å². The van der Waals surface area contributed by atoms with E-state index in [9.17, 15) is 18.0 Å². The highest BCUT2D eigenvalue weighted by Crippen LogP contribution is 2.38. The molecule has 0 aliphatic heterocycles. The van der Waals surface area contributed by atoms with Crippen molar-refractivity contribution in [3.63, 3.8) is 0 Å². The first kappa shape index (κ1) is 21.6. The fourth-order valence-electron chi connectivity index (χ4n) is 2.99. The number of ether oxygens (including phenoxy) is 1. The van der Waals surface area contributed by atoms with Gasteiger partial charge in [0.15, 0.2) is 0 Å². The van der Waals surface area contributed by atoms with Crippen LogP contribution in [0.2, 0.25) is 13.6 Å². The van der Waals surface area contributed by atoms with Gasteiger partial charge in [-0.15, -0.1) is 5.92 Å². The quantitative estimate of drug-likeness (QED) is 0.387. The van der Waals surface area contributed by atoms with E-state index in [1.807, 2.05) is 13.6 Å². The number of benzene rings is 2. The van der Waals surface area contributed by atoms with E-state index in [2.05, 4.69) is 11.7 Å². The molecular weight excluding hydrogens is 364 g/mol. The molecule has 0 saturated carbocycles. The summed E-state index contributed by atoms with van der Waals surface area (Å²) >= 11 is 0. The molecular formula is C22H22BF3O2. The van der Waals surface area contributed by atoms with Crippen LogP contribution in [0.4, 0.5) is 13.2 Å². The van der Waals surface area contributed by atoms with E-state index in [4.69, 9.17) is 4.74 Å². The van der Waals surface area contributed by atoms with Crippen LogP contribution in [-0.4, -0.2) is 19.3 Å². The third-order valence-electron chi connectivity index (χ3n) is 4.22. The average molecular weight is 386 g/mol. The van der Waals surface area contributed by atoms with E-state index in [0.717, 1.165) is 12.1 Å². The summed E-state index contributed by atoms with van der Waals surface area (Å²) in [6, 6.07) is 9.12. The molecule has 0 radical (unpaired) electrons. The standard InChI is InChI=1S/C22H22BF3O2/c1-4-28-21(27)14-18(22-19(25)6-5-7-20(22)26)17(12-13-23(2)3)15-8-10-16(24)11-9-15/h5-11,17-18H,4,14H2,1-3H3. The molecule has 2 aromatic rings. The fraction of sp³-hybridized carbons (Fsp3) is 0.318. The Balaban J connectivity index is 2.62. The molecule has 146 valence electrons. The van der Waals surface area contributed by atoms with Crippen LogP contribution in [0.3, 0.4) is 0 Å². The van der Waals surface area contributed by atoms with Crippen molar-refractivity contribution in [2.75, 3.05) is 6.61 Å². The predicted octanol–water partition coefficient (Wildman–Crippen LogP) is 5.22. The summed E-state index contributed by atoms with van der Waals surface area (Å²) in [6.07, 6.45) is -0.249. The smallest absolute Gasteiger partial charge is 0.306 e. The Morgan fingerprint density at radius 3 is 2.21 bits per heavy atom. The Labute approximate surface area is 164 Å². The zero-order valence-electron chi connectivity index (χ0n) is 16.1. The lowest BCUT2D eigenvalue weighted by Crippen LogP contribution is -2.19. The molecule has 0 spiro atoms. The van der Waals surface area contributed by atoms with Crippen molar-refractivity contribution in [2.24, 2.45) is 0 Å². The highest BCUT2D eigenvalue weighted by atomic mass is 19.1. The number of hydrogen-bond acceptors (Lipinski definition) is 2. The second kappa shape index (κ2) is 10.0. The maximum atomic E-state index is 14.6. The van der Waals surface area contributed by atoms with Crippen LogP contribution >= 0.6 is 0 Å². The molecule has 0 N–H and O–H groups in total. The molecule has 2 atom stereocenters. The molecule has 2 aromatic carbocycles. The van der Waals surface area contributed by atoms with Crippen LogP contribution in [0.25, 0.3) is 0 Å². The molecule has 0 aliphatic carbocycles. The predicted molar refractivity (Wildman–Crippen MR) is 105 cm³/mol. The summed E-state index contributed by atoms with van der Waals surface area (Å²) in [7, 11) is 0. The topological polar surface area (TPSA) is 26.3 Å². The lowest BCUT2D eigenvalue weighted by atomic mass is 9.55. The number of carbonyl (C=O) groups is 1. The number of esters is 1. The van der Waals surface area contributed by atoms with Gasteiger partial charge in [-0.25, -0.2) is 13.2 Å². The summed E-state index contributed by atoms with van der Waals surface area (Å²) in [5, 5.41) is 0. The SMILES string of the molecule is CCOC(=O)CC(c1c(F)cccc1F)C(C#CB(C)C)c1ccc(F)cc1. The van der Waals surface area contributed by atoms with E-state index in [1.54, 1.807) is 6.92 Å². The number of rotatable bonds is 6. The van der Waals surface area contributed by atoms with Crippen LogP contribution in [0, 0.1) is 29.2 Å². The summed E-state index contributed by atoms with van der Waals surface area (Å²) in [5.74, 6) is 1.90. The maximum Gasteiger partial charge on any atom is 0.306 e. The van der Waals surface area contributed by atoms with Crippen molar-refractivity contribution >= 4 is 12.7 Å². The van der Waals surface area contributed by atoms with Crippen LogP contribution < -0.4 is 0 Å². The Bertz CT molecular complexity index is 849. The van der Waals surface area contributed by atoms with Gasteiger partial charge in [0.2, 0.25) is 6.71 Å². The van der Waals surface area contributed by atoms with Crippen molar-refractivity contribution in [2.45, 2.75) is 38.8 Å². The third kappa shape index (κ3) is 5.66. The van der Waals surface area contributed by atoms with Crippen molar-refractivity contribution in [1.29, 1.82) is 0 Å². The van der Waals surface area contributed by atoms with E-state index in [1.165, 1.54) is 30.3 Å². The van der Waals surface area contributed by atoms with Crippen molar-refractivity contribution in [3.05, 3.63) is 71.0 Å². The first-order valence-corrected chi connectivity index (χ1v) is 9.19. The Morgan fingerprint density at radius 2 is 1.68 bits per heavy atom. The lowest BCUT2D eigenvalue weighted by Gasteiger charge is -2.24. The minimum atomic E-state index is -0.919. The van der Waals surface area contributed by atoms with Crippen LogP contribution in [0.15, 0.2) is 42.5 Å². The maximum absolute atomic E-state index is 14.6. The zero-order valence-corrected chi connectivity index (χ0v) is 16.1. The van der Waals surface area contributed by atoms with Gasteiger partial charge in [-0.1, -0.05) is 31.8 Å². The van der Waals surface area contributed by atoms with E-state index in [0.29, 0.717) is 5.56 Å². The van der Waals surface area contributed by atoms with E-state index >= 15 is 0 Å². The van der Waals surface area contributed by atoms with Gasteiger partial charge in [0.1, 0.15) is 17.5 Å². The Hall–Kier alpha value is -2.68. The number of halogens is 3. The van der Waals surface area contributed by atoms with Crippen molar-refractivity contribution in [3.8, 4) is 11.7 Å². The highest BCUT2D eigenvalue weighted by molar-refractivity contribution is 6.64. The first-order chi connectivity index (χ1) is 13.3.